The fourth-order valence-electron chi connectivity index (χ4n) is 2.68. The van der Waals surface area contributed by atoms with E-state index in [0.29, 0.717) is 6.54 Å². The molecule has 0 aromatic heterocycles. The second kappa shape index (κ2) is 6.43. The molecule has 1 aliphatic carbocycles. The van der Waals surface area contributed by atoms with Crippen LogP contribution in [0.25, 0.3) is 0 Å². The van der Waals surface area contributed by atoms with Gasteiger partial charge in [-0.05, 0) is 39.5 Å². The molecule has 0 aromatic rings. The number of amides is 1. The number of carbonyl (C=O) groups excluding carboxylic acids is 1. The van der Waals surface area contributed by atoms with E-state index >= 15 is 0 Å². The highest BCUT2D eigenvalue weighted by Gasteiger charge is 2.54. The van der Waals surface area contributed by atoms with Gasteiger partial charge in [-0.2, -0.15) is 0 Å². The van der Waals surface area contributed by atoms with Crippen molar-refractivity contribution < 1.29 is 17.9 Å². The van der Waals surface area contributed by atoms with Crippen LogP contribution >= 0.6 is 22.6 Å². The van der Waals surface area contributed by atoms with Crippen molar-refractivity contribution in [1.82, 2.24) is 10.0 Å². The Hall–Kier alpha value is -0.0900. The minimum atomic E-state index is -3.21. The monoisotopic (exact) mass is 446 g/mol. The Balaban J connectivity index is 2.77. The zero-order valence-corrected chi connectivity index (χ0v) is 17.1. The van der Waals surface area contributed by atoms with Crippen LogP contribution < -0.4 is 10.0 Å². The number of carbonyl (C=O) groups is 1. The van der Waals surface area contributed by atoms with E-state index in [-0.39, 0.29) is 11.3 Å². The molecule has 2 N–H and O–H groups in total. The third-order valence-corrected chi connectivity index (χ3v) is 7.06. The molecular formula is C14H27IN2O4S. The van der Waals surface area contributed by atoms with Gasteiger partial charge in [0.2, 0.25) is 10.0 Å². The van der Waals surface area contributed by atoms with Crippen molar-refractivity contribution in [1.29, 1.82) is 0 Å². The smallest absolute Gasteiger partial charge is 0.408 e. The quantitative estimate of drug-likeness (QED) is 0.395. The Morgan fingerprint density at radius 1 is 1.36 bits per heavy atom. The van der Waals surface area contributed by atoms with Crippen LogP contribution in [0.1, 0.15) is 47.5 Å². The zero-order chi connectivity index (χ0) is 17.4. The predicted molar refractivity (Wildman–Crippen MR) is 95.5 cm³/mol. The van der Waals surface area contributed by atoms with Gasteiger partial charge in [-0.3, -0.25) is 0 Å². The van der Waals surface area contributed by atoms with Crippen molar-refractivity contribution >= 4 is 38.7 Å². The second-order valence-electron chi connectivity index (χ2n) is 7.51. The van der Waals surface area contributed by atoms with E-state index in [1.807, 2.05) is 20.8 Å². The van der Waals surface area contributed by atoms with Crippen LogP contribution in [0.2, 0.25) is 0 Å². The number of hydrogen-bond acceptors (Lipinski definition) is 4. The summed E-state index contributed by atoms with van der Waals surface area (Å²) in [4.78, 5) is 12.1. The third-order valence-electron chi connectivity index (χ3n) is 4.17. The Bertz CT molecular complexity index is 527. The fourth-order valence-corrected chi connectivity index (χ4v) is 4.15. The molecule has 8 heteroatoms. The predicted octanol–water partition coefficient (Wildman–Crippen LogP) is 2.63. The summed E-state index contributed by atoms with van der Waals surface area (Å²) in [6.45, 7) is 9.96. The van der Waals surface area contributed by atoms with Gasteiger partial charge in [-0.15, -0.1) is 0 Å². The van der Waals surface area contributed by atoms with Crippen molar-refractivity contribution in [2.75, 3.05) is 12.8 Å². The number of alkyl halides is 1. The molecule has 1 saturated carbocycles. The first-order valence-corrected chi connectivity index (χ1v) is 10.3. The summed E-state index contributed by atoms with van der Waals surface area (Å²) in [7, 11) is -3.21. The SMILES string of the molecule is CC(C)(C)OC(=O)N[C@]1(I)CC[C@H](CNS(C)(=O)=O)C1(C)C. The summed E-state index contributed by atoms with van der Waals surface area (Å²) in [6, 6.07) is 0. The molecule has 0 heterocycles. The number of rotatable bonds is 4. The van der Waals surface area contributed by atoms with E-state index in [2.05, 4.69) is 46.5 Å². The number of hydrogen-bond donors (Lipinski definition) is 2. The molecule has 2 atom stereocenters. The van der Waals surface area contributed by atoms with E-state index in [1.165, 1.54) is 0 Å². The molecule has 130 valence electrons. The first kappa shape index (κ1) is 20.0. The molecule has 0 aliphatic heterocycles. The topological polar surface area (TPSA) is 84.5 Å². The standard InChI is InChI=1S/C14H27IN2O4S/c1-12(2,3)21-11(18)17-14(15)8-7-10(13(14,4)5)9-16-22(6,19)20/h10,16H,7-9H2,1-6H3,(H,17,18)/t10-,14-/m1/s1. The van der Waals surface area contributed by atoms with Crippen molar-refractivity contribution in [3.8, 4) is 0 Å². The van der Waals surface area contributed by atoms with Crippen molar-refractivity contribution in [2.45, 2.75) is 56.6 Å². The number of nitrogens with one attached hydrogen (secondary N) is 2. The van der Waals surface area contributed by atoms with Crippen LogP contribution in [0.4, 0.5) is 4.79 Å². The van der Waals surface area contributed by atoms with Gasteiger partial charge in [-0.25, -0.2) is 17.9 Å². The molecule has 0 spiro atoms. The van der Waals surface area contributed by atoms with E-state index in [4.69, 9.17) is 4.74 Å². The van der Waals surface area contributed by atoms with Crippen LogP contribution in [0.15, 0.2) is 0 Å². The summed E-state index contributed by atoms with van der Waals surface area (Å²) >= 11 is 2.26. The lowest BCUT2D eigenvalue weighted by Crippen LogP contribution is -2.53. The first-order valence-electron chi connectivity index (χ1n) is 7.31. The summed E-state index contributed by atoms with van der Waals surface area (Å²) < 4.78 is 30.0. The van der Waals surface area contributed by atoms with Gasteiger partial charge in [0, 0.05) is 12.0 Å². The van der Waals surface area contributed by atoms with E-state index in [1.54, 1.807) is 0 Å². The van der Waals surface area contributed by atoms with Gasteiger partial charge in [0.25, 0.3) is 0 Å². The van der Waals surface area contributed by atoms with Gasteiger partial charge < -0.3 is 10.1 Å². The Labute approximate surface area is 147 Å². The van der Waals surface area contributed by atoms with Crippen molar-refractivity contribution in [2.24, 2.45) is 11.3 Å². The number of halogens is 1. The Morgan fingerprint density at radius 2 is 1.91 bits per heavy atom. The van der Waals surface area contributed by atoms with Gasteiger partial charge in [0.05, 0.1) is 6.26 Å². The van der Waals surface area contributed by atoms with Gasteiger partial charge >= 0.3 is 6.09 Å². The summed E-state index contributed by atoms with van der Waals surface area (Å²) in [5.41, 5.74) is -0.806. The van der Waals surface area contributed by atoms with Crippen LogP contribution in [-0.2, 0) is 14.8 Å². The summed E-state index contributed by atoms with van der Waals surface area (Å²) in [5.74, 6) is 0.147. The molecule has 0 bridgehead atoms. The first-order chi connectivity index (χ1) is 9.66. The Kier molecular flexibility index (Phi) is 5.83. The third kappa shape index (κ3) is 5.23. The lowest BCUT2D eigenvalue weighted by molar-refractivity contribution is 0.0448. The number of sulfonamides is 1. The van der Waals surface area contributed by atoms with Crippen LogP contribution in [0, 0.1) is 11.3 Å². The highest BCUT2D eigenvalue weighted by Crippen LogP contribution is 2.53. The summed E-state index contributed by atoms with van der Waals surface area (Å²) in [6.07, 6.45) is 2.33. The maximum atomic E-state index is 12.1. The molecule has 0 saturated heterocycles. The molecule has 0 aromatic carbocycles. The molecule has 6 nitrogen and oxygen atoms in total. The molecule has 1 aliphatic rings. The van der Waals surface area contributed by atoms with Gasteiger partial charge in [0.15, 0.2) is 0 Å². The number of alkyl carbamates (subject to hydrolysis) is 1. The lowest BCUT2D eigenvalue weighted by Gasteiger charge is -2.40. The van der Waals surface area contributed by atoms with Crippen molar-refractivity contribution in [3.05, 3.63) is 0 Å². The van der Waals surface area contributed by atoms with Crippen LogP contribution in [0.5, 0.6) is 0 Å². The normalized spacial score (nSPS) is 28.4. The van der Waals surface area contributed by atoms with E-state index < -0.39 is 25.3 Å². The minimum Gasteiger partial charge on any atom is -0.444 e. The average Bonchev–Trinajstić information content (AvgIpc) is 2.43. The molecule has 1 fully saturated rings. The van der Waals surface area contributed by atoms with Crippen molar-refractivity contribution in [3.63, 3.8) is 0 Å². The maximum absolute atomic E-state index is 12.1. The summed E-state index contributed by atoms with van der Waals surface area (Å²) in [5, 5.41) is 2.98. The zero-order valence-electron chi connectivity index (χ0n) is 14.1. The highest BCUT2D eigenvalue weighted by atomic mass is 127. The lowest BCUT2D eigenvalue weighted by atomic mass is 9.79. The van der Waals surface area contributed by atoms with Crippen LogP contribution in [0.3, 0.4) is 0 Å². The molecule has 1 rings (SSSR count). The molecular weight excluding hydrogens is 419 g/mol. The van der Waals surface area contributed by atoms with Gasteiger partial charge in [0.1, 0.15) is 9.15 Å². The average molecular weight is 446 g/mol. The maximum Gasteiger partial charge on any atom is 0.408 e. The largest absolute Gasteiger partial charge is 0.444 e. The van der Waals surface area contributed by atoms with Gasteiger partial charge in [-0.1, -0.05) is 36.4 Å². The fraction of sp³-hybridized carbons (Fsp3) is 0.929. The minimum absolute atomic E-state index is 0.147. The molecule has 1 amide bonds. The molecule has 0 unspecified atom stereocenters. The number of ether oxygens (including phenoxy) is 1. The highest BCUT2D eigenvalue weighted by molar-refractivity contribution is 14.1. The van der Waals surface area contributed by atoms with Crippen LogP contribution in [-0.4, -0.2) is 36.5 Å². The van der Waals surface area contributed by atoms with E-state index in [9.17, 15) is 13.2 Å². The molecule has 22 heavy (non-hydrogen) atoms. The second-order valence-corrected chi connectivity index (χ2v) is 11.2. The van der Waals surface area contributed by atoms with E-state index in [0.717, 1.165) is 19.1 Å². The molecule has 0 radical (unpaired) electrons. The Morgan fingerprint density at radius 3 is 2.36 bits per heavy atom.